The number of nitrogens with zero attached hydrogens (tertiary/aromatic N) is 1. The summed E-state index contributed by atoms with van der Waals surface area (Å²) in [5.41, 5.74) is 8.63. The largest absolute Gasteiger partial charge is 0.351 e. The van der Waals surface area contributed by atoms with Crippen molar-refractivity contribution in [2.45, 2.75) is 58.0 Å². The Balaban J connectivity index is 1.57. The minimum absolute atomic E-state index is 0.440. The van der Waals surface area contributed by atoms with Gasteiger partial charge in [0.1, 0.15) is 0 Å². The predicted molar refractivity (Wildman–Crippen MR) is 130 cm³/mol. The molecule has 1 aliphatic rings. The Morgan fingerprint density at radius 1 is 0.968 bits per heavy atom. The molecule has 4 heteroatoms. The first kappa shape index (κ1) is 21.4. The second-order valence-corrected chi connectivity index (χ2v) is 8.82. The lowest BCUT2D eigenvalue weighted by atomic mass is 9.85. The maximum atomic E-state index is 12.6. The number of amides is 2. The SMILES string of the molecule is CC(CC1CCCCC1)NCc1ccccc1N(C(N)=O)c1cccc2ccccc12. The number of hydrogen-bond acceptors (Lipinski definition) is 2. The highest BCUT2D eigenvalue weighted by Crippen LogP contribution is 2.34. The van der Waals surface area contributed by atoms with E-state index in [1.807, 2.05) is 48.5 Å². The number of carbonyl (C=O) groups is 1. The molecule has 2 amide bonds. The Hall–Kier alpha value is -2.85. The van der Waals surface area contributed by atoms with Gasteiger partial charge >= 0.3 is 6.03 Å². The first-order chi connectivity index (χ1) is 15.1. The minimum Gasteiger partial charge on any atom is -0.351 e. The van der Waals surface area contributed by atoms with E-state index in [-0.39, 0.29) is 0 Å². The van der Waals surface area contributed by atoms with Gasteiger partial charge in [-0.2, -0.15) is 0 Å². The van der Waals surface area contributed by atoms with Gasteiger partial charge in [0.05, 0.1) is 11.4 Å². The molecule has 0 heterocycles. The number of rotatable bonds is 7. The number of nitrogens with two attached hydrogens (primary N) is 1. The van der Waals surface area contributed by atoms with E-state index in [4.69, 9.17) is 5.73 Å². The molecule has 4 nitrogen and oxygen atoms in total. The second kappa shape index (κ2) is 9.97. The molecule has 162 valence electrons. The predicted octanol–water partition coefficient (Wildman–Crippen LogP) is 6.51. The molecule has 1 saturated carbocycles. The third-order valence-corrected chi connectivity index (χ3v) is 6.51. The number of carbonyl (C=O) groups excluding carboxylic acids is 1. The van der Waals surface area contributed by atoms with E-state index < -0.39 is 6.03 Å². The number of urea groups is 1. The molecule has 4 rings (SSSR count). The van der Waals surface area contributed by atoms with Crippen LogP contribution in [0.25, 0.3) is 10.8 Å². The normalized spacial score (nSPS) is 15.6. The minimum atomic E-state index is -0.473. The van der Waals surface area contributed by atoms with Crippen LogP contribution in [-0.2, 0) is 6.54 Å². The quantitative estimate of drug-likeness (QED) is 0.462. The second-order valence-electron chi connectivity index (χ2n) is 8.82. The summed E-state index contributed by atoms with van der Waals surface area (Å²) in [7, 11) is 0. The summed E-state index contributed by atoms with van der Waals surface area (Å²) in [5, 5.41) is 5.79. The Morgan fingerprint density at radius 3 is 2.45 bits per heavy atom. The first-order valence-corrected chi connectivity index (χ1v) is 11.5. The molecule has 1 fully saturated rings. The van der Waals surface area contributed by atoms with Gasteiger partial charge in [-0.3, -0.25) is 4.90 Å². The number of nitrogens with one attached hydrogen (secondary N) is 1. The molecule has 0 aliphatic heterocycles. The van der Waals surface area contributed by atoms with Crippen molar-refractivity contribution >= 4 is 28.2 Å². The third kappa shape index (κ3) is 5.08. The highest BCUT2D eigenvalue weighted by Gasteiger charge is 2.21. The number of anilines is 2. The van der Waals surface area contributed by atoms with Crippen LogP contribution >= 0.6 is 0 Å². The Kier molecular flexibility index (Phi) is 6.88. The highest BCUT2D eigenvalue weighted by molar-refractivity contribution is 6.07. The fourth-order valence-electron chi connectivity index (χ4n) is 4.94. The van der Waals surface area contributed by atoms with E-state index in [0.717, 1.165) is 33.6 Å². The van der Waals surface area contributed by atoms with Gasteiger partial charge in [0.15, 0.2) is 0 Å². The standard InChI is InChI=1S/C27H33N3O/c1-20(18-21-10-3-2-4-11-21)29-19-23-13-6-8-16-25(23)30(27(28)31)26-17-9-14-22-12-5-7-15-24(22)26/h5-9,12-17,20-21,29H,2-4,10-11,18-19H2,1H3,(H2,28,31). The van der Waals surface area contributed by atoms with Gasteiger partial charge in [0.25, 0.3) is 0 Å². The molecule has 0 spiro atoms. The molecule has 3 aromatic rings. The van der Waals surface area contributed by atoms with Crippen molar-refractivity contribution in [3.8, 4) is 0 Å². The van der Waals surface area contributed by atoms with Crippen molar-refractivity contribution in [2.75, 3.05) is 4.90 Å². The summed E-state index contributed by atoms with van der Waals surface area (Å²) in [6.07, 6.45) is 8.07. The van der Waals surface area contributed by atoms with Crippen LogP contribution in [0.1, 0.15) is 51.0 Å². The van der Waals surface area contributed by atoms with E-state index in [1.54, 1.807) is 4.90 Å². The van der Waals surface area contributed by atoms with Crippen molar-refractivity contribution in [1.29, 1.82) is 0 Å². The van der Waals surface area contributed by atoms with Crippen LogP contribution in [0.2, 0.25) is 0 Å². The van der Waals surface area contributed by atoms with Crippen LogP contribution in [0.5, 0.6) is 0 Å². The van der Waals surface area contributed by atoms with Gasteiger partial charge < -0.3 is 11.1 Å². The van der Waals surface area contributed by atoms with Crippen LogP contribution in [0.15, 0.2) is 66.7 Å². The maximum Gasteiger partial charge on any atom is 0.323 e. The van der Waals surface area contributed by atoms with Gasteiger partial charge in [0, 0.05) is 18.0 Å². The smallest absolute Gasteiger partial charge is 0.323 e. The lowest BCUT2D eigenvalue weighted by Crippen LogP contribution is -2.34. The van der Waals surface area contributed by atoms with Gasteiger partial charge in [-0.1, -0.05) is 86.7 Å². The number of hydrogen-bond donors (Lipinski definition) is 2. The van der Waals surface area contributed by atoms with E-state index >= 15 is 0 Å². The van der Waals surface area contributed by atoms with Gasteiger partial charge in [-0.15, -0.1) is 0 Å². The van der Waals surface area contributed by atoms with Crippen LogP contribution in [0.3, 0.4) is 0 Å². The van der Waals surface area contributed by atoms with E-state index in [9.17, 15) is 4.79 Å². The molecule has 0 bridgehead atoms. The molecule has 0 radical (unpaired) electrons. The zero-order chi connectivity index (χ0) is 21.6. The van der Waals surface area contributed by atoms with Crippen LogP contribution < -0.4 is 16.0 Å². The van der Waals surface area contributed by atoms with E-state index in [0.29, 0.717) is 12.6 Å². The van der Waals surface area contributed by atoms with E-state index in [1.165, 1.54) is 38.5 Å². The molecule has 1 aliphatic carbocycles. The Labute approximate surface area is 185 Å². The number of primary amides is 1. The molecule has 3 aromatic carbocycles. The van der Waals surface area contributed by atoms with Crippen molar-refractivity contribution in [3.63, 3.8) is 0 Å². The van der Waals surface area contributed by atoms with Crippen LogP contribution in [-0.4, -0.2) is 12.1 Å². The van der Waals surface area contributed by atoms with Crippen LogP contribution in [0.4, 0.5) is 16.2 Å². The van der Waals surface area contributed by atoms with Gasteiger partial charge in [-0.25, -0.2) is 4.79 Å². The van der Waals surface area contributed by atoms with Crippen LogP contribution in [0, 0.1) is 5.92 Å². The molecular formula is C27H33N3O. The summed E-state index contributed by atoms with van der Waals surface area (Å²) >= 11 is 0. The zero-order valence-electron chi connectivity index (χ0n) is 18.4. The summed E-state index contributed by atoms with van der Waals surface area (Å²) in [6, 6.07) is 22.1. The Morgan fingerprint density at radius 2 is 1.65 bits per heavy atom. The maximum absolute atomic E-state index is 12.6. The molecule has 0 saturated heterocycles. The lowest BCUT2D eigenvalue weighted by Gasteiger charge is -2.27. The average Bonchev–Trinajstić information content (AvgIpc) is 2.79. The molecule has 31 heavy (non-hydrogen) atoms. The van der Waals surface area contributed by atoms with Crippen molar-refractivity contribution < 1.29 is 4.79 Å². The number of benzene rings is 3. The summed E-state index contributed by atoms with van der Waals surface area (Å²) in [6.45, 7) is 2.98. The van der Waals surface area contributed by atoms with Gasteiger partial charge in [-0.05, 0) is 42.3 Å². The zero-order valence-corrected chi connectivity index (χ0v) is 18.4. The summed E-state index contributed by atoms with van der Waals surface area (Å²) < 4.78 is 0. The fraction of sp³-hybridized carbons (Fsp3) is 0.370. The number of fused-ring (bicyclic) bond motifs is 1. The van der Waals surface area contributed by atoms with Gasteiger partial charge in [0.2, 0.25) is 0 Å². The third-order valence-electron chi connectivity index (χ3n) is 6.51. The first-order valence-electron chi connectivity index (χ1n) is 11.5. The molecule has 0 aromatic heterocycles. The monoisotopic (exact) mass is 415 g/mol. The van der Waals surface area contributed by atoms with Crippen molar-refractivity contribution in [2.24, 2.45) is 11.7 Å². The van der Waals surface area contributed by atoms with Crippen molar-refractivity contribution in [1.82, 2.24) is 5.32 Å². The molecule has 1 atom stereocenters. The Bertz CT molecular complexity index is 1020. The molecule has 1 unspecified atom stereocenters. The summed E-state index contributed by atoms with van der Waals surface area (Å²) in [4.78, 5) is 14.3. The molecular weight excluding hydrogens is 382 g/mol. The van der Waals surface area contributed by atoms with E-state index in [2.05, 4.69) is 30.4 Å². The number of para-hydroxylation sites is 1. The lowest BCUT2D eigenvalue weighted by molar-refractivity contribution is 0.256. The topological polar surface area (TPSA) is 58.4 Å². The molecule has 3 N–H and O–H groups in total. The average molecular weight is 416 g/mol. The fourth-order valence-corrected chi connectivity index (χ4v) is 4.94. The highest BCUT2D eigenvalue weighted by atomic mass is 16.2. The van der Waals surface area contributed by atoms with Crippen molar-refractivity contribution in [3.05, 3.63) is 72.3 Å². The summed E-state index contributed by atoms with van der Waals surface area (Å²) in [5.74, 6) is 0.837.